The van der Waals surface area contributed by atoms with Crippen molar-refractivity contribution < 1.29 is 9.21 Å². The van der Waals surface area contributed by atoms with Crippen molar-refractivity contribution in [2.45, 2.75) is 13.8 Å². The smallest absolute Gasteiger partial charge is 0.267 e. The molecule has 0 saturated carbocycles. The van der Waals surface area contributed by atoms with Crippen LogP contribution in [0.5, 0.6) is 0 Å². The lowest BCUT2D eigenvalue weighted by Crippen LogP contribution is -2.11. The Morgan fingerprint density at radius 2 is 1.87 bits per heavy atom. The number of aromatic nitrogens is 1. The number of benzene rings is 3. The van der Waals surface area contributed by atoms with Gasteiger partial charge >= 0.3 is 0 Å². The molecule has 5 aromatic rings. The molecular formula is C24H16Cl2N2O2S. The van der Waals surface area contributed by atoms with Crippen LogP contribution in [0.15, 0.2) is 59.0 Å². The molecule has 0 spiro atoms. The van der Waals surface area contributed by atoms with Gasteiger partial charge in [0.1, 0.15) is 10.4 Å². The van der Waals surface area contributed by atoms with Crippen LogP contribution >= 0.6 is 34.5 Å². The quantitative estimate of drug-likeness (QED) is 0.294. The molecule has 0 atom stereocenters. The molecule has 2 aromatic heterocycles. The molecular weight excluding hydrogens is 451 g/mol. The van der Waals surface area contributed by atoms with Gasteiger partial charge in [-0.05, 0) is 61.4 Å². The van der Waals surface area contributed by atoms with Crippen molar-refractivity contribution in [3.05, 3.63) is 80.6 Å². The van der Waals surface area contributed by atoms with Crippen molar-refractivity contribution in [2.24, 2.45) is 0 Å². The van der Waals surface area contributed by atoms with Gasteiger partial charge in [0.05, 0.1) is 5.02 Å². The average molecular weight is 467 g/mol. The van der Waals surface area contributed by atoms with E-state index >= 15 is 0 Å². The minimum absolute atomic E-state index is 0.268. The number of thiophene rings is 1. The van der Waals surface area contributed by atoms with Crippen LogP contribution in [0.2, 0.25) is 10.0 Å². The summed E-state index contributed by atoms with van der Waals surface area (Å²) < 4.78 is 6.78. The largest absolute Gasteiger partial charge is 0.436 e. The van der Waals surface area contributed by atoms with Crippen molar-refractivity contribution in [2.75, 3.05) is 5.32 Å². The van der Waals surface area contributed by atoms with Gasteiger partial charge in [0.2, 0.25) is 5.89 Å². The number of amides is 1. The fourth-order valence-electron chi connectivity index (χ4n) is 3.41. The fraction of sp³-hybridized carbons (Fsp3) is 0.0833. The summed E-state index contributed by atoms with van der Waals surface area (Å²) in [5.41, 5.74) is 5.02. The first kappa shape index (κ1) is 20.1. The Morgan fingerprint density at radius 3 is 2.71 bits per heavy atom. The number of hydrogen-bond donors (Lipinski definition) is 1. The van der Waals surface area contributed by atoms with E-state index in [1.165, 1.54) is 11.3 Å². The van der Waals surface area contributed by atoms with E-state index in [1.54, 1.807) is 6.07 Å². The molecule has 0 unspecified atom stereocenters. The third-order valence-electron chi connectivity index (χ3n) is 5.07. The topological polar surface area (TPSA) is 55.1 Å². The van der Waals surface area contributed by atoms with E-state index in [9.17, 15) is 4.79 Å². The zero-order valence-corrected chi connectivity index (χ0v) is 19.0. The number of carbonyl (C=O) groups excluding carboxylic acids is 1. The second-order valence-corrected chi connectivity index (χ2v) is 9.23. The molecule has 154 valence electrons. The number of oxazole rings is 1. The third-order valence-corrected chi connectivity index (χ3v) is 6.96. The summed E-state index contributed by atoms with van der Waals surface area (Å²) in [5, 5.41) is 4.83. The first-order chi connectivity index (χ1) is 14.9. The van der Waals surface area contributed by atoms with Gasteiger partial charge in [-0.25, -0.2) is 4.98 Å². The van der Waals surface area contributed by atoms with Crippen LogP contribution in [0.3, 0.4) is 0 Å². The molecule has 0 radical (unpaired) electrons. The molecule has 0 bridgehead atoms. The zero-order chi connectivity index (χ0) is 21.7. The number of carbonyl (C=O) groups is 1. The highest BCUT2D eigenvalue weighted by atomic mass is 35.5. The molecule has 7 heteroatoms. The standard InChI is InChI=1S/C24H16Cl2N2O2S/c1-12-3-8-19-18(9-12)28-24(30-19)14-5-4-13(2)17(10-14)27-23(29)22-21(26)16-7-6-15(25)11-20(16)31-22/h3-11H,1-2H3,(H,27,29). The number of fused-ring (bicyclic) bond motifs is 2. The van der Waals surface area contributed by atoms with E-state index in [4.69, 9.17) is 27.6 Å². The predicted molar refractivity (Wildman–Crippen MR) is 129 cm³/mol. The normalized spacial score (nSPS) is 11.4. The number of nitrogens with one attached hydrogen (secondary N) is 1. The zero-order valence-electron chi connectivity index (χ0n) is 16.6. The van der Waals surface area contributed by atoms with Gasteiger partial charge < -0.3 is 9.73 Å². The summed E-state index contributed by atoms with van der Waals surface area (Å²) in [5.74, 6) is 0.237. The monoisotopic (exact) mass is 466 g/mol. The van der Waals surface area contributed by atoms with Crippen LogP contribution in [0.25, 0.3) is 32.6 Å². The Balaban J connectivity index is 1.49. The molecule has 5 rings (SSSR count). The second kappa shape index (κ2) is 7.68. The van der Waals surface area contributed by atoms with E-state index in [2.05, 4.69) is 10.3 Å². The number of aryl methyl sites for hydroxylation is 2. The molecule has 1 N–H and O–H groups in total. The Bertz CT molecular complexity index is 1490. The summed E-state index contributed by atoms with van der Waals surface area (Å²) >= 11 is 13.9. The Labute approximate surface area is 192 Å². The van der Waals surface area contributed by atoms with Gasteiger partial charge in [-0.3, -0.25) is 4.79 Å². The van der Waals surface area contributed by atoms with E-state index in [0.29, 0.717) is 26.5 Å². The predicted octanol–water partition coefficient (Wildman–Crippen LogP) is 7.89. The number of halogens is 2. The molecule has 0 fully saturated rings. The molecule has 4 nitrogen and oxygen atoms in total. The number of nitrogens with zero attached hydrogens (tertiary/aromatic N) is 1. The molecule has 31 heavy (non-hydrogen) atoms. The Hall–Kier alpha value is -2.86. The first-order valence-corrected chi connectivity index (χ1v) is 11.1. The third kappa shape index (κ3) is 3.69. The molecule has 0 aliphatic heterocycles. The molecule has 0 aliphatic carbocycles. The summed E-state index contributed by atoms with van der Waals surface area (Å²) in [6, 6.07) is 17.0. The number of rotatable bonds is 3. The van der Waals surface area contributed by atoms with E-state index < -0.39 is 0 Å². The summed E-state index contributed by atoms with van der Waals surface area (Å²) in [6.45, 7) is 3.95. The van der Waals surface area contributed by atoms with Gasteiger partial charge in [-0.1, -0.05) is 41.4 Å². The molecule has 2 heterocycles. The molecule has 3 aromatic carbocycles. The van der Waals surface area contributed by atoms with Gasteiger partial charge in [0, 0.05) is 26.4 Å². The van der Waals surface area contributed by atoms with Gasteiger partial charge in [0.15, 0.2) is 5.58 Å². The molecule has 1 amide bonds. The van der Waals surface area contributed by atoms with Crippen LogP contribution in [0, 0.1) is 13.8 Å². The first-order valence-electron chi connectivity index (χ1n) is 9.56. The van der Waals surface area contributed by atoms with Crippen molar-refractivity contribution >= 4 is 67.3 Å². The van der Waals surface area contributed by atoms with Crippen LogP contribution in [-0.4, -0.2) is 10.9 Å². The minimum atomic E-state index is -0.268. The van der Waals surface area contributed by atoms with E-state index in [1.807, 2.05) is 62.4 Å². The summed E-state index contributed by atoms with van der Waals surface area (Å²) in [7, 11) is 0. The maximum atomic E-state index is 13.0. The van der Waals surface area contributed by atoms with E-state index in [-0.39, 0.29) is 5.91 Å². The van der Waals surface area contributed by atoms with Crippen LogP contribution in [0.1, 0.15) is 20.8 Å². The number of hydrogen-bond acceptors (Lipinski definition) is 4. The van der Waals surface area contributed by atoms with Crippen molar-refractivity contribution in [1.82, 2.24) is 4.98 Å². The lowest BCUT2D eigenvalue weighted by atomic mass is 10.1. The van der Waals surface area contributed by atoms with Crippen LogP contribution < -0.4 is 5.32 Å². The fourth-order valence-corrected chi connectivity index (χ4v) is 5.10. The average Bonchev–Trinajstić information content (AvgIpc) is 3.30. The summed E-state index contributed by atoms with van der Waals surface area (Å²) in [6.07, 6.45) is 0. The maximum absolute atomic E-state index is 13.0. The lowest BCUT2D eigenvalue weighted by molar-refractivity contribution is 0.103. The van der Waals surface area contributed by atoms with Crippen molar-refractivity contribution in [3.8, 4) is 11.5 Å². The van der Waals surface area contributed by atoms with Crippen LogP contribution in [-0.2, 0) is 0 Å². The highest BCUT2D eigenvalue weighted by Crippen LogP contribution is 2.37. The Kier molecular flexibility index (Phi) is 4.97. The second-order valence-electron chi connectivity index (χ2n) is 7.36. The van der Waals surface area contributed by atoms with Gasteiger partial charge in [-0.15, -0.1) is 11.3 Å². The van der Waals surface area contributed by atoms with Crippen molar-refractivity contribution in [3.63, 3.8) is 0 Å². The Morgan fingerprint density at radius 1 is 1.03 bits per heavy atom. The highest BCUT2D eigenvalue weighted by molar-refractivity contribution is 7.21. The molecule has 0 aliphatic rings. The number of anilines is 1. The van der Waals surface area contributed by atoms with Gasteiger partial charge in [-0.2, -0.15) is 0 Å². The van der Waals surface area contributed by atoms with Crippen LogP contribution in [0.4, 0.5) is 5.69 Å². The lowest BCUT2D eigenvalue weighted by Gasteiger charge is -2.09. The SMILES string of the molecule is Cc1ccc2oc(-c3ccc(C)c(NC(=O)c4sc5cc(Cl)ccc5c4Cl)c3)nc2c1. The van der Waals surface area contributed by atoms with Crippen molar-refractivity contribution in [1.29, 1.82) is 0 Å². The van der Waals surface area contributed by atoms with Gasteiger partial charge in [0.25, 0.3) is 5.91 Å². The minimum Gasteiger partial charge on any atom is -0.436 e. The van der Waals surface area contributed by atoms with E-state index in [0.717, 1.165) is 37.9 Å². The maximum Gasteiger partial charge on any atom is 0.267 e. The highest BCUT2D eigenvalue weighted by Gasteiger charge is 2.19. The summed E-state index contributed by atoms with van der Waals surface area (Å²) in [4.78, 5) is 18.0. The molecule has 0 saturated heterocycles.